The first-order valence-corrected chi connectivity index (χ1v) is 9.57. The Morgan fingerprint density at radius 2 is 1.73 bits per heavy atom. The summed E-state index contributed by atoms with van der Waals surface area (Å²) in [6, 6.07) is 13.9. The minimum atomic E-state index is -0.0151. The van der Waals surface area contributed by atoms with Crippen molar-refractivity contribution in [3.05, 3.63) is 63.6 Å². The highest BCUT2D eigenvalue weighted by Gasteiger charge is 2.20. The molecule has 0 bridgehead atoms. The molecule has 2 aromatic carbocycles. The van der Waals surface area contributed by atoms with Crippen LogP contribution in [0.25, 0.3) is 0 Å². The van der Waals surface area contributed by atoms with Gasteiger partial charge in [0.1, 0.15) is 0 Å². The van der Waals surface area contributed by atoms with E-state index in [1.165, 1.54) is 11.3 Å². The molecule has 1 N–H and O–H groups in total. The quantitative estimate of drug-likeness (QED) is 0.839. The van der Waals surface area contributed by atoms with Crippen LogP contribution in [-0.2, 0) is 6.42 Å². The molecule has 26 heavy (non-hydrogen) atoms. The van der Waals surface area contributed by atoms with E-state index >= 15 is 0 Å². The number of nitrogens with zero attached hydrogens (tertiary/aromatic N) is 2. The van der Waals surface area contributed by atoms with E-state index in [-0.39, 0.29) is 6.03 Å². The van der Waals surface area contributed by atoms with Crippen LogP contribution in [0.1, 0.15) is 11.1 Å². The molecule has 6 heteroatoms. The number of halogens is 2. The molecule has 1 saturated heterocycles. The highest BCUT2D eigenvalue weighted by atomic mass is 35.5. The van der Waals surface area contributed by atoms with Gasteiger partial charge in [-0.25, -0.2) is 4.79 Å². The number of benzene rings is 2. The van der Waals surface area contributed by atoms with E-state index < -0.39 is 0 Å². The number of piperazine rings is 1. The third-order valence-electron chi connectivity index (χ3n) is 4.65. The molecule has 0 atom stereocenters. The summed E-state index contributed by atoms with van der Waals surface area (Å²) in [5.74, 6) is 0. The summed E-state index contributed by atoms with van der Waals surface area (Å²) < 4.78 is 0. The van der Waals surface area contributed by atoms with E-state index in [1.807, 2.05) is 17.0 Å². The number of amides is 2. The molecule has 138 valence electrons. The third-order valence-corrected chi connectivity index (χ3v) is 5.24. The fraction of sp³-hybridized carbons (Fsp3) is 0.350. The molecule has 0 unspecified atom stereocenters. The Balaban J connectivity index is 1.44. The largest absolute Gasteiger partial charge is 0.368 e. The molecule has 2 amide bonds. The Hall–Kier alpha value is -1.91. The van der Waals surface area contributed by atoms with Crippen molar-refractivity contribution in [3.63, 3.8) is 0 Å². The summed E-state index contributed by atoms with van der Waals surface area (Å²) in [6.45, 7) is 5.78. The summed E-state index contributed by atoms with van der Waals surface area (Å²) in [5.41, 5.74) is 3.46. The lowest BCUT2D eigenvalue weighted by Crippen LogP contribution is -2.52. The minimum Gasteiger partial charge on any atom is -0.368 e. The molecule has 0 saturated carbocycles. The zero-order valence-corrected chi connectivity index (χ0v) is 16.4. The fourth-order valence-corrected chi connectivity index (χ4v) is 3.57. The van der Waals surface area contributed by atoms with Gasteiger partial charge in [0.2, 0.25) is 0 Å². The van der Waals surface area contributed by atoms with Crippen molar-refractivity contribution in [1.82, 2.24) is 10.2 Å². The first kappa shape index (κ1) is 18.9. The maximum atomic E-state index is 12.4. The normalized spacial score (nSPS) is 14.4. The SMILES string of the molecule is Cc1ccc(N2CCN(C(=O)NCCc3ccc(Cl)cc3Cl)CC2)cc1. The van der Waals surface area contributed by atoms with E-state index in [1.54, 1.807) is 6.07 Å². The van der Waals surface area contributed by atoms with Crippen molar-refractivity contribution in [1.29, 1.82) is 0 Å². The number of rotatable bonds is 4. The molecule has 1 aliphatic heterocycles. The third kappa shape index (κ3) is 4.83. The van der Waals surface area contributed by atoms with Crippen LogP contribution < -0.4 is 10.2 Å². The number of carbonyl (C=O) groups excluding carboxylic acids is 1. The van der Waals surface area contributed by atoms with Crippen LogP contribution in [0.4, 0.5) is 10.5 Å². The Bertz CT molecular complexity index is 756. The standard InChI is InChI=1S/C20H23Cl2N3O/c1-15-2-6-18(7-3-15)24-10-12-25(13-11-24)20(26)23-9-8-16-4-5-17(21)14-19(16)22/h2-7,14H,8-13H2,1H3,(H,23,26). The molecule has 1 fully saturated rings. The molecular formula is C20H23Cl2N3O. The van der Waals surface area contributed by atoms with Gasteiger partial charge in [0, 0.05) is 48.5 Å². The Labute approximate surface area is 164 Å². The van der Waals surface area contributed by atoms with Crippen molar-refractivity contribution in [2.75, 3.05) is 37.6 Å². The predicted molar refractivity (Wildman–Crippen MR) is 109 cm³/mol. The van der Waals surface area contributed by atoms with E-state index in [2.05, 4.69) is 41.4 Å². The van der Waals surface area contributed by atoms with Crippen LogP contribution in [0.5, 0.6) is 0 Å². The average molecular weight is 392 g/mol. The van der Waals surface area contributed by atoms with Gasteiger partial charge in [-0.3, -0.25) is 0 Å². The van der Waals surface area contributed by atoms with Crippen molar-refractivity contribution >= 4 is 34.9 Å². The first-order chi connectivity index (χ1) is 12.5. The Kier molecular flexibility index (Phi) is 6.28. The molecular weight excluding hydrogens is 369 g/mol. The van der Waals surface area contributed by atoms with Crippen LogP contribution >= 0.6 is 23.2 Å². The maximum Gasteiger partial charge on any atom is 0.317 e. The minimum absolute atomic E-state index is 0.0151. The lowest BCUT2D eigenvalue weighted by molar-refractivity contribution is 0.194. The van der Waals surface area contributed by atoms with Crippen LogP contribution in [0.2, 0.25) is 10.0 Å². The van der Waals surface area contributed by atoms with E-state index in [0.717, 1.165) is 31.7 Å². The van der Waals surface area contributed by atoms with Gasteiger partial charge in [-0.05, 0) is 43.2 Å². The van der Waals surface area contributed by atoms with Gasteiger partial charge in [0.25, 0.3) is 0 Å². The lowest BCUT2D eigenvalue weighted by Gasteiger charge is -2.36. The van der Waals surface area contributed by atoms with Gasteiger partial charge >= 0.3 is 6.03 Å². The Morgan fingerprint density at radius 3 is 2.38 bits per heavy atom. The molecule has 0 radical (unpaired) electrons. The van der Waals surface area contributed by atoms with Crippen LogP contribution in [0, 0.1) is 6.92 Å². The van der Waals surface area contributed by atoms with Crippen LogP contribution in [0.3, 0.4) is 0 Å². The topological polar surface area (TPSA) is 35.6 Å². The number of hydrogen-bond donors (Lipinski definition) is 1. The molecule has 0 aliphatic carbocycles. The second kappa shape index (κ2) is 8.65. The summed E-state index contributed by atoms with van der Waals surface area (Å²) in [5, 5.41) is 4.24. The number of nitrogens with one attached hydrogen (secondary N) is 1. The van der Waals surface area contributed by atoms with Crippen molar-refractivity contribution < 1.29 is 4.79 Å². The molecule has 0 aromatic heterocycles. The number of hydrogen-bond acceptors (Lipinski definition) is 2. The molecule has 1 aliphatic rings. The lowest BCUT2D eigenvalue weighted by atomic mass is 10.1. The Morgan fingerprint density at radius 1 is 1.04 bits per heavy atom. The smallest absolute Gasteiger partial charge is 0.317 e. The van der Waals surface area contributed by atoms with Gasteiger partial charge in [0.05, 0.1) is 0 Å². The van der Waals surface area contributed by atoms with Gasteiger partial charge in [0.15, 0.2) is 0 Å². The molecule has 0 spiro atoms. The van der Waals surface area contributed by atoms with Crippen LogP contribution in [-0.4, -0.2) is 43.7 Å². The zero-order chi connectivity index (χ0) is 18.5. The van der Waals surface area contributed by atoms with Gasteiger partial charge in [-0.2, -0.15) is 0 Å². The van der Waals surface area contributed by atoms with Gasteiger partial charge in [-0.15, -0.1) is 0 Å². The predicted octanol–water partition coefficient (Wildman–Crippen LogP) is 4.38. The molecule has 2 aromatic rings. The maximum absolute atomic E-state index is 12.4. The first-order valence-electron chi connectivity index (χ1n) is 8.81. The molecule has 4 nitrogen and oxygen atoms in total. The van der Waals surface area contributed by atoms with Crippen molar-refractivity contribution in [2.24, 2.45) is 0 Å². The summed E-state index contributed by atoms with van der Waals surface area (Å²) >= 11 is 12.1. The zero-order valence-electron chi connectivity index (χ0n) is 14.8. The number of carbonyl (C=O) groups is 1. The average Bonchev–Trinajstić information content (AvgIpc) is 2.64. The second-order valence-corrected chi connectivity index (χ2v) is 7.37. The number of urea groups is 1. The monoisotopic (exact) mass is 391 g/mol. The van der Waals surface area contributed by atoms with E-state index in [4.69, 9.17) is 23.2 Å². The van der Waals surface area contributed by atoms with Crippen LogP contribution in [0.15, 0.2) is 42.5 Å². The van der Waals surface area contributed by atoms with Crippen molar-refractivity contribution in [3.8, 4) is 0 Å². The summed E-state index contributed by atoms with van der Waals surface area (Å²) in [7, 11) is 0. The summed E-state index contributed by atoms with van der Waals surface area (Å²) in [6.07, 6.45) is 0.686. The van der Waals surface area contributed by atoms with E-state index in [0.29, 0.717) is 23.0 Å². The number of aryl methyl sites for hydroxylation is 1. The molecule has 3 rings (SSSR count). The van der Waals surface area contributed by atoms with Gasteiger partial charge in [-0.1, -0.05) is 47.0 Å². The second-order valence-electron chi connectivity index (χ2n) is 6.53. The van der Waals surface area contributed by atoms with E-state index in [9.17, 15) is 4.79 Å². The fourth-order valence-electron chi connectivity index (χ4n) is 3.06. The van der Waals surface area contributed by atoms with Crippen molar-refractivity contribution in [2.45, 2.75) is 13.3 Å². The summed E-state index contributed by atoms with van der Waals surface area (Å²) in [4.78, 5) is 16.5. The highest BCUT2D eigenvalue weighted by Crippen LogP contribution is 2.21. The number of anilines is 1. The molecule has 1 heterocycles. The highest BCUT2D eigenvalue weighted by molar-refractivity contribution is 6.35. The van der Waals surface area contributed by atoms with Gasteiger partial charge < -0.3 is 15.1 Å².